The summed E-state index contributed by atoms with van der Waals surface area (Å²) in [5.74, 6) is -0.558. The van der Waals surface area contributed by atoms with Crippen LogP contribution in [-0.4, -0.2) is 18.6 Å². The molecule has 96 valence electrons. The number of halogens is 1. The summed E-state index contributed by atoms with van der Waals surface area (Å²) in [6, 6.07) is 3.05. The van der Waals surface area contributed by atoms with Gasteiger partial charge in [-0.05, 0) is 18.2 Å². The lowest BCUT2D eigenvalue weighted by molar-refractivity contribution is 0.409. The Hall–Kier alpha value is -2.00. The first-order valence-electron chi connectivity index (χ1n) is 4.78. The average molecular weight is 272 g/mol. The lowest BCUT2D eigenvalue weighted by atomic mass is 10.3. The number of nitrogens with one attached hydrogen (secondary N) is 1. The fraction of sp³-hybridized carbons (Fsp3) is 0.111. The lowest BCUT2D eigenvalue weighted by Gasteiger charge is -2.05. The Labute approximate surface area is 102 Å². The molecule has 0 unspecified atom stereocenters. The minimum atomic E-state index is -3.87. The molecule has 7 nitrogen and oxygen atoms in total. The van der Waals surface area contributed by atoms with Gasteiger partial charge in [0.05, 0.1) is 11.4 Å². The molecule has 0 aliphatic heterocycles. The molecular weight excluding hydrogens is 263 g/mol. The summed E-state index contributed by atoms with van der Waals surface area (Å²) in [4.78, 5) is 3.38. The molecule has 2 rings (SSSR count). The molecule has 0 aliphatic rings. The van der Waals surface area contributed by atoms with Crippen molar-refractivity contribution >= 4 is 15.7 Å². The van der Waals surface area contributed by atoms with E-state index in [0.717, 1.165) is 24.6 Å². The van der Waals surface area contributed by atoms with E-state index >= 15 is 0 Å². The molecule has 1 aromatic heterocycles. The van der Waals surface area contributed by atoms with Crippen molar-refractivity contribution in [1.82, 2.24) is 14.9 Å². The molecule has 9 heteroatoms. The van der Waals surface area contributed by atoms with Crippen LogP contribution in [0.2, 0.25) is 0 Å². The summed E-state index contributed by atoms with van der Waals surface area (Å²) in [7, 11) is -3.87. The zero-order valence-electron chi connectivity index (χ0n) is 9.00. The van der Waals surface area contributed by atoms with E-state index in [0.29, 0.717) is 0 Å². The molecule has 0 spiro atoms. The molecule has 3 N–H and O–H groups in total. The number of nitrogens with two attached hydrogens (primary N) is 1. The van der Waals surface area contributed by atoms with E-state index in [4.69, 9.17) is 5.73 Å². The summed E-state index contributed by atoms with van der Waals surface area (Å²) < 4.78 is 43.3. The lowest BCUT2D eigenvalue weighted by Crippen LogP contribution is -2.24. The fourth-order valence-corrected chi connectivity index (χ4v) is 2.30. The third-order valence-electron chi connectivity index (χ3n) is 2.03. The maximum Gasteiger partial charge on any atom is 0.241 e. The van der Waals surface area contributed by atoms with Gasteiger partial charge < -0.3 is 10.3 Å². The number of aromatic nitrogens is 2. The van der Waals surface area contributed by atoms with Gasteiger partial charge in [0.15, 0.2) is 5.82 Å². The highest BCUT2D eigenvalue weighted by atomic mass is 32.2. The van der Waals surface area contributed by atoms with E-state index in [-0.39, 0.29) is 23.0 Å². The van der Waals surface area contributed by atoms with Crippen LogP contribution in [0.1, 0.15) is 5.82 Å². The fourth-order valence-electron chi connectivity index (χ4n) is 1.25. The molecule has 0 fully saturated rings. The highest BCUT2D eigenvalue weighted by Gasteiger charge is 2.16. The number of hydrogen-bond donors (Lipinski definition) is 2. The molecule has 0 radical (unpaired) electrons. The Morgan fingerprint density at radius 3 is 2.78 bits per heavy atom. The Morgan fingerprint density at radius 1 is 1.39 bits per heavy atom. The topological polar surface area (TPSA) is 111 Å². The van der Waals surface area contributed by atoms with Gasteiger partial charge in [0.25, 0.3) is 0 Å². The van der Waals surface area contributed by atoms with Crippen LogP contribution in [0.4, 0.5) is 10.1 Å². The first-order valence-corrected chi connectivity index (χ1v) is 6.27. The Kier molecular flexibility index (Phi) is 3.26. The predicted molar refractivity (Wildman–Crippen MR) is 59.1 cm³/mol. The van der Waals surface area contributed by atoms with E-state index in [9.17, 15) is 12.8 Å². The van der Waals surface area contributed by atoms with Gasteiger partial charge in [-0.1, -0.05) is 5.16 Å². The van der Waals surface area contributed by atoms with E-state index in [1.807, 2.05) is 0 Å². The highest BCUT2D eigenvalue weighted by molar-refractivity contribution is 7.89. The second kappa shape index (κ2) is 4.70. The van der Waals surface area contributed by atoms with Crippen molar-refractivity contribution < 1.29 is 17.3 Å². The molecule has 0 amide bonds. The number of nitrogen functional groups attached to an aromatic ring is 1. The Morgan fingerprint density at radius 2 is 2.17 bits per heavy atom. The van der Waals surface area contributed by atoms with Gasteiger partial charge in [0, 0.05) is 5.69 Å². The number of anilines is 1. The summed E-state index contributed by atoms with van der Waals surface area (Å²) >= 11 is 0. The quantitative estimate of drug-likeness (QED) is 0.773. The number of rotatable bonds is 4. The number of benzene rings is 1. The number of nitrogens with zero attached hydrogens (tertiary/aromatic N) is 2. The maximum absolute atomic E-state index is 13.1. The predicted octanol–water partition coefficient (Wildman–Crippen LogP) is 0.269. The van der Waals surface area contributed by atoms with E-state index in [1.165, 1.54) is 0 Å². The minimum absolute atomic E-state index is 0.0231. The van der Waals surface area contributed by atoms with Gasteiger partial charge in [-0.15, -0.1) is 0 Å². The van der Waals surface area contributed by atoms with Crippen LogP contribution in [0.3, 0.4) is 0 Å². The van der Waals surface area contributed by atoms with Crippen LogP contribution < -0.4 is 10.5 Å². The van der Waals surface area contributed by atoms with Crippen molar-refractivity contribution in [2.45, 2.75) is 11.4 Å². The second-order valence-electron chi connectivity index (χ2n) is 3.39. The molecule has 0 atom stereocenters. The van der Waals surface area contributed by atoms with Crippen LogP contribution in [0, 0.1) is 5.82 Å². The van der Waals surface area contributed by atoms with Gasteiger partial charge in [0.2, 0.25) is 16.4 Å². The molecular formula is C9H9FN4O3S. The molecule has 1 aromatic carbocycles. The highest BCUT2D eigenvalue weighted by Crippen LogP contribution is 2.15. The third-order valence-corrected chi connectivity index (χ3v) is 3.41. The van der Waals surface area contributed by atoms with Crippen molar-refractivity contribution in [1.29, 1.82) is 0 Å². The number of sulfonamides is 1. The first kappa shape index (κ1) is 12.5. The molecule has 0 aliphatic carbocycles. The van der Waals surface area contributed by atoms with Crippen LogP contribution in [0.5, 0.6) is 0 Å². The largest absolute Gasteiger partial charge is 0.399 e. The third kappa shape index (κ3) is 2.81. The Bertz CT molecular complexity index is 622. The molecule has 1 heterocycles. The molecule has 0 saturated heterocycles. The van der Waals surface area contributed by atoms with Crippen molar-refractivity contribution in [3.8, 4) is 0 Å². The minimum Gasteiger partial charge on any atom is -0.399 e. The van der Waals surface area contributed by atoms with Crippen LogP contribution in [-0.2, 0) is 16.6 Å². The van der Waals surface area contributed by atoms with Crippen LogP contribution >= 0.6 is 0 Å². The van der Waals surface area contributed by atoms with Crippen molar-refractivity contribution in [3.05, 3.63) is 36.2 Å². The van der Waals surface area contributed by atoms with Crippen molar-refractivity contribution in [2.75, 3.05) is 5.73 Å². The second-order valence-corrected chi connectivity index (χ2v) is 5.16. The first-order chi connectivity index (χ1) is 8.47. The molecule has 2 aromatic rings. The summed E-state index contributed by atoms with van der Waals surface area (Å²) in [6.45, 7) is -0.157. The van der Waals surface area contributed by atoms with Gasteiger partial charge in [-0.25, -0.2) is 17.5 Å². The van der Waals surface area contributed by atoms with E-state index < -0.39 is 15.8 Å². The van der Waals surface area contributed by atoms with Crippen LogP contribution in [0.25, 0.3) is 0 Å². The van der Waals surface area contributed by atoms with Crippen molar-refractivity contribution in [2.24, 2.45) is 0 Å². The van der Waals surface area contributed by atoms with E-state index in [1.54, 1.807) is 0 Å². The van der Waals surface area contributed by atoms with Gasteiger partial charge >= 0.3 is 0 Å². The molecule has 0 bridgehead atoms. The molecule has 18 heavy (non-hydrogen) atoms. The standard InChI is InChI=1S/C9H9FN4O3S/c10-6-1-7(11)3-8(2-6)18(15,16)13-4-9-12-5-17-14-9/h1-3,5,13H,4,11H2. The van der Waals surface area contributed by atoms with Gasteiger partial charge in [0.1, 0.15) is 5.82 Å². The Balaban J connectivity index is 2.20. The van der Waals surface area contributed by atoms with E-state index in [2.05, 4.69) is 19.4 Å². The zero-order valence-corrected chi connectivity index (χ0v) is 9.82. The zero-order chi connectivity index (χ0) is 13.2. The monoisotopic (exact) mass is 272 g/mol. The summed E-state index contributed by atoms with van der Waals surface area (Å²) in [5, 5.41) is 3.44. The average Bonchev–Trinajstić information content (AvgIpc) is 2.78. The SMILES string of the molecule is Nc1cc(F)cc(S(=O)(=O)NCc2ncon2)c1. The summed E-state index contributed by atoms with van der Waals surface area (Å²) in [6.07, 6.45) is 1.07. The van der Waals surface area contributed by atoms with Crippen molar-refractivity contribution in [3.63, 3.8) is 0 Å². The smallest absolute Gasteiger partial charge is 0.241 e. The summed E-state index contributed by atoms with van der Waals surface area (Å²) in [5.41, 5.74) is 5.40. The molecule has 0 saturated carbocycles. The maximum atomic E-state index is 13.1. The van der Waals surface area contributed by atoms with Crippen LogP contribution in [0.15, 0.2) is 34.0 Å². The number of hydrogen-bond acceptors (Lipinski definition) is 6. The normalized spacial score (nSPS) is 11.6. The van der Waals surface area contributed by atoms with Gasteiger partial charge in [-0.3, -0.25) is 0 Å². The van der Waals surface area contributed by atoms with Gasteiger partial charge in [-0.2, -0.15) is 4.98 Å².